The van der Waals surface area contributed by atoms with E-state index in [4.69, 9.17) is 14.2 Å². The van der Waals surface area contributed by atoms with Gasteiger partial charge in [-0.25, -0.2) is 0 Å². The Bertz CT molecular complexity index is 874. The molecule has 2 fully saturated rings. The minimum atomic E-state index is -4.49. The molecule has 0 spiro atoms. The van der Waals surface area contributed by atoms with E-state index in [2.05, 4.69) is 5.32 Å². The average Bonchev–Trinajstić information content (AvgIpc) is 3.15. The number of amides is 2. The summed E-state index contributed by atoms with van der Waals surface area (Å²) in [6.45, 7) is -0.653. The molecule has 3 heterocycles. The molecular weight excluding hydrogens is 445 g/mol. The van der Waals surface area contributed by atoms with Gasteiger partial charge in [0, 0.05) is 36.3 Å². The SMILES string of the molecule is O=C(C[C@@H]1C[C@H]2c3cc(NC(=O)C4CCOCC4)ccc3O[C@H]2[C@@H](CO)O1)NCC(F)(F)F. The molecule has 3 aliphatic rings. The van der Waals surface area contributed by atoms with Gasteiger partial charge in [0.1, 0.15) is 24.5 Å². The summed E-state index contributed by atoms with van der Waals surface area (Å²) in [5.41, 5.74) is 1.42. The first-order chi connectivity index (χ1) is 15.7. The van der Waals surface area contributed by atoms with Crippen LogP contribution in [-0.4, -0.2) is 67.8 Å². The average molecular weight is 472 g/mol. The molecule has 182 valence electrons. The van der Waals surface area contributed by atoms with Crippen molar-refractivity contribution in [3.05, 3.63) is 23.8 Å². The summed E-state index contributed by atoms with van der Waals surface area (Å²) in [4.78, 5) is 24.6. The number of alkyl halides is 3. The van der Waals surface area contributed by atoms with Gasteiger partial charge < -0.3 is 30.0 Å². The molecule has 1 aromatic carbocycles. The van der Waals surface area contributed by atoms with Gasteiger partial charge >= 0.3 is 6.18 Å². The number of carbonyl (C=O) groups excluding carboxylic acids is 2. The number of fused-ring (bicyclic) bond motifs is 3. The lowest BCUT2D eigenvalue weighted by Gasteiger charge is -2.37. The van der Waals surface area contributed by atoms with E-state index in [-0.39, 0.29) is 30.8 Å². The van der Waals surface area contributed by atoms with Gasteiger partial charge in [0.05, 0.1) is 19.1 Å². The zero-order valence-electron chi connectivity index (χ0n) is 17.9. The molecule has 8 nitrogen and oxygen atoms in total. The number of nitrogens with one attached hydrogen (secondary N) is 2. The fourth-order valence-corrected chi connectivity index (χ4v) is 4.65. The van der Waals surface area contributed by atoms with Gasteiger partial charge in [0.15, 0.2) is 0 Å². The molecular formula is C22H27F3N2O6. The molecule has 0 bridgehead atoms. The van der Waals surface area contributed by atoms with Crippen LogP contribution in [0.2, 0.25) is 0 Å². The Morgan fingerprint density at radius 1 is 1.18 bits per heavy atom. The largest absolute Gasteiger partial charge is 0.487 e. The molecule has 0 unspecified atom stereocenters. The second kappa shape index (κ2) is 9.86. The number of benzene rings is 1. The Kier molecular flexibility index (Phi) is 7.10. The summed E-state index contributed by atoms with van der Waals surface area (Å²) in [5.74, 6) is -0.598. The second-order valence-electron chi connectivity index (χ2n) is 8.63. The lowest BCUT2D eigenvalue weighted by molar-refractivity contribution is -0.149. The number of halogens is 3. The second-order valence-corrected chi connectivity index (χ2v) is 8.63. The van der Waals surface area contributed by atoms with E-state index in [1.54, 1.807) is 12.1 Å². The third kappa shape index (κ3) is 5.77. The number of ether oxygens (including phenoxy) is 3. The van der Waals surface area contributed by atoms with E-state index >= 15 is 0 Å². The Morgan fingerprint density at radius 3 is 2.64 bits per heavy atom. The zero-order valence-corrected chi connectivity index (χ0v) is 17.9. The van der Waals surface area contributed by atoms with Gasteiger partial charge in [-0.3, -0.25) is 9.59 Å². The molecule has 33 heavy (non-hydrogen) atoms. The van der Waals surface area contributed by atoms with Gasteiger partial charge in [-0.1, -0.05) is 0 Å². The summed E-state index contributed by atoms with van der Waals surface area (Å²) in [6.07, 6.45) is -4.97. The molecule has 11 heteroatoms. The van der Waals surface area contributed by atoms with E-state index in [1.807, 2.05) is 11.4 Å². The van der Waals surface area contributed by atoms with Crippen molar-refractivity contribution < 1.29 is 42.1 Å². The van der Waals surface area contributed by atoms with Crippen LogP contribution in [0.5, 0.6) is 5.75 Å². The number of carbonyl (C=O) groups is 2. The quantitative estimate of drug-likeness (QED) is 0.586. The highest BCUT2D eigenvalue weighted by atomic mass is 19.4. The van der Waals surface area contributed by atoms with E-state index < -0.39 is 36.9 Å². The highest BCUT2D eigenvalue weighted by Crippen LogP contribution is 2.47. The molecule has 0 aliphatic carbocycles. The van der Waals surface area contributed by atoms with E-state index in [1.165, 1.54) is 0 Å². The van der Waals surface area contributed by atoms with Gasteiger partial charge in [0.2, 0.25) is 11.8 Å². The van der Waals surface area contributed by atoms with Crippen molar-refractivity contribution in [2.75, 3.05) is 31.7 Å². The molecule has 2 saturated heterocycles. The molecule has 1 aromatic rings. The fraction of sp³-hybridized carbons (Fsp3) is 0.636. The number of anilines is 1. The third-order valence-electron chi connectivity index (χ3n) is 6.26. The van der Waals surface area contributed by atoms with Crippen LogP contribution in [0.3, 0.4) is 0 Å². The highest BCUT2D eigenvalue weighted by Gasteiger charge is 2.46. The van der Waals surface area contributed by atoms with Crippen LogP contribution in [0.15, 0.2) is 18.2 Å². The van der Waals surface area contributed by atoms with E-state index in [0.29, 0.717) is 43.9 Å². The maximum Gasteiger partial charge on any atom is 0.405 e. The maximum atomic E-state index is 12.6. The zero-order chi connectivity index (χ0) is 23.6. The summed E-state index contributed by atoms with van der Waals surface area (Å²) >= 11 is 0. The Labute approximate surface area is 188 Å². The molecule has 0 aromatic heterocycles. The van der Waals surface area contributed by atoms with Gasteiger partial charge in [-0.05, 0) is 37.5 Å². The predicted octanol–water partition coefficient (Wildman–Crippen LogP) is 2.11. The standard InChI is InChI=1S/C22H27F3N2O6/c23-22(24,25)11-26-19(29)9-14-8-16-15-7-13(27-21(30)12-3-5-31-6-4-12)1-2-17(15)33-20(16)18(10-28)32-14/h1-2,7,12,14,16,18,20,28H,3-6,8-11H2,(H,26,29)(H,27,30)/t14-,16-,18+,20+/m0/s1. The van der Waals surface area contributed by atoms with Crippen LogP contribution in [-0.2, 0) is 19.1 Å². The number of aliphatic hydroxyl groups excluding tert-OH is 1. The lowest BCUT2D eigenvalue weighted by Crippen LogP contribution is -2.47. The van der Waals surface area contributed by atoms with Crippen LogP contribution in [0.4, 0.5) is 18.9 Å². The molecule has 0 saturated carbocycles. The first kappa shape index (κ1) is 23.8. The summed E-state index contributed by atoms with van der Waals surface area (Å²) in [7, 11) is 0. The van der Waals surface area contributed by atoms with Crippen molar-refractivity contribution in [3.8, 4) is 5.75 Å². The summed E-state index contributed by atoms with van der Waals surface area (Å²) in [5, 5.41) is 14.6. The smallest absolute Gasteiger partial charge is 0.405 e. The van der Waals surface area contributed by atoms with Crippen molar-refractivity contribution >= 4 is 17.5 Å². The Balaban J connectivity index is 1.43. The van der Waals surface area contributed by atoms with Crippen molar-refractivity contribution in [3.63, 3.8) is 0 Å². The van der Waals surface area contributed by atoms with Crippen molar-refractivity contribution in [1.82, 2.24) is 5.32 Å². The fourth-order valence-electron chi connectivity index (χ4n) is 4.65. The molecule has 4 rings (SSSR count). The lowest BCUT2D eigenvalue weighted by atomic mass is 9.84. The van der Waals surface area contributed by atoms with Crippen LogP contribution < -0.4 is 15.4 Å². The number of rotatable bonds is 6. The van der Waals surface area contributed by atoms with Gasteiger partial charge in [0.25, 0.3) is 0 Å². The van der Waals surface area contributed by atoms with Crippen molar-refractivity contribution in [1.29, 1.82) is 0 Å². The number of hydrogen-bond acceptors (Lipinski definition) is 6. The minimum Gasteiger partial charge on any atom is -0.487 e. The monoisotopic (exact) mass is 472 g/mol. The van der Waals surface area contributed by atoms with Gasteiger partial charge in [-0.15, -0.1) is 0 Å². The van der Waals surface area contributed by atoms with E-state index in [9.17, 15) is 27.9 Å². The topological polar surface area (TPSA) is 106 Å². The minimum absolute atomic E-state index is 0.0758. The van der Waals surface area contributed by atoms with Crippen LogP contribution in [0.25, 0.3) is 0 Å². The summed E-state index contributed by atoms with van der Waals surface area (Å²) in [6, 6.07) is 5.30. The number of hydrogen-bond donors (Lipinski definition) is 3. The summed E-state index contributed by atoms with van der Waals surface area (Å²) < 4.78 is 54.1. The maximum absolute atomic E-state index is 12.6. The highest BCUT2D eigenvalue weighted by molar-refractivity contribution is 5.92. The van der Waals surface area contributed by atoms with Crippen LogP contribution in [0.1, 0.15) is 37.2 Å². The van der Waals surface area contributed by atoms with Gasteiger partial charge in [-0.2, -0.15) is 13.2 Å². The molecule has 4 atom stereocenters. The first-order valence-corrected chi connectivity index (χ1v) is 11.0. The Morgan fingerprint density at radius 2 is 1.94 bits per heavy atom. The number of aliphatic hydroxyl groups is 1. The molecule has 3 N–H and O–H groups in total. The van der Waals surface area contributed by atoms with Crippen molar-refractivity contribution in [2.45, 2.75) is 56.1 Å². The molecule has 2 amide bonds. The normalized spacial score (nSPS) is 27.3. The van der Waals surface area contributed by atoms with E-state index in [0.717, 1.165) is 5.56 Å². The Hall–Kier alpha value is -2.37. The first-order valence-electron chi connectivity index (χ1n) is 11.0. The third-order valence-corrected chi connectivity index (χ3v) is 6.26. The van der Waals surface area contributed by atoms with Crippen molar-refractivity contribution in [2.24, 2.45) is 5.92 Å². The molecule has 0 radical (unpaired) electrons. The predicted molar refractivity (Wildman–Crippen MR) is 110 cm³/mol. The molecule has 3 aliphatic heterocycles. The van der Waals surface area contributed by atoms with Crippen LogP contribution in [0, 0.1) is 5.92 Å². The van der Waals surface area contributed by atoms with Crippen LogP contribution >= 0.6 is 0 Å².